The molecule has 0 atom stereocenters. The molecule has 0 aliphatic heterocycles. The SMILES string of the molecule is COc1cc(-c2nc3ccc(-c4ccc(C=O)o4)cc3[nH]2)ccc1O. The molecule has 0 aliphatic carbocycles. The van der Waals surface area contributed by atoms with Gasteiger partial charge in [0, 0.05) is 11.1 Å². The molecular formula is C19H14N2O4. The second-order valence-electron chi connectivity index (χ2n) is 5.52. The molecule has 0 aliphatic rings. The number of aromatic hydroxyl groups is 1. The number of hydrogen-bond donors (Lipinski definition) is 2. The van der Waals surface area contributed by atoms with E-state index in [4.69, 9.17) is 9.15 Å². The first-order valence-electron chi connectivity index (χ1n) is 7.60. The van der Waals surface area contributed by atoms with Crippen LogP contribution in [0, 0.1) is 0 Å². The number of furan rings is 1. The van der Waals surface area contributed by atoms with E-state index in [-0.39, 0.29) is 11.5 Å². The number of aromatic nitrogens is 2. The summed E-state index contributed by atoms with van der Waals surface area (Å²) in [5.74, 6) is 2.03. The molecule has 0 amide bonds. The highest BCUT2D eigenvalue weighted by Crippen LogP contribution is 2.32. The molecule has 124 valence electrons. The lowest BCUT2D eigenvalue weighted by atomic mass is 10.1. The maximum absolute atomic E-state index is 10.8. The van der Waals surface area contributed by atoms with Gasteiger partial charge in [0.1, 0.15) is 11.6 Å². The molecule has 0 spiro atoms. The summed E-state index contributed by atoms with van der Waals surface area (Å²) in [5.41, 5.74) is 3.28. The second kappa shape index (κ2) is 5.83. The number of nitrogens with zero attached hydrogens (tertiary/aromatic N) is 1. The molecule has 6 nitrogen and oxygen atoms in total. The third-order valence-electron chi connectivity index (χ3n) is 3.96. The number of rotatable bonds is 4. The van der Waals surface area contributed by atoms with Crippen molar-refractivity contribution in [2.75, 3.05) is 7.11 Å². The topological polar surface area (TPSA) is 88.4 Å². The molecule has 2 aromatic carbocycles. The zero-order valence-corrected chi connectivity index (χ0v) is 13.3. The third-order valence-corrected chi connectivity index (χ3v) is 3.96. The van der Waals surface area contributed by atoms with Gasteiger partial charge in [0.25, 0.3) is 0 Å². The number of fused-ring (bicyclic) bond motifs is 1. The average molecular weight is 334 g/mol. The first-order chi connectivity index (χ1) is 12.2. The number of hydrogen-bond acceptors (Lipinski definition) is 5. The number of aldehydes is 1. The van der Waals surface area contributed by atoms with Crippen LogP contribution in [0.3, 0.4) is 0 Å². The summed E-state index contributed by atoms with van der Waals surface area (Å²) in [4.78, 5) is 18.6. The van der Waals surface area contributed by atoms with Crippen LogP contribution in [-0.4, -0.2) is 28.5 Å². The maximum atomic E-state index is 10.8. The van der Waals surface area contributed by atoms with Gasteiger partial charge in [-0.3, -0.25) is 4.79 Å². The van der Waals surface area contributed by atoms with Gasteiger partial charge in [-0.2, -0.15) is 0 Å². The number of phenolic OH excluding ortho intramolecular Hbond substituents is 1. The summed E-state index contributed by atoms with van der Waals surface area (Å²) in [5, 5.41) is 9.72. The second-order valence-corrected chi connectivity index (χ2v) is 5.52. The smallest absolute Gasteiger partial charge is 0.185 e. The minimum atomic E-state index is 0.0773. The average Bonchev–Trinajstić information content (AvgIpc) is 3.28. The van der Waals surface area contributed by atoms with Crippen LogP contribution in [-0.2, 0) is 0 Å². The van der Waals surface area contributed by atoms with Crippen molar-refractivity contribution < 1.29 is 19.1 Å². The minimum Gasteiger partial charge on any atom is -0.504 e. The number of methoxy groups -OCH3 is 1. The van der Waals surface area contributed by atoms with E-state index in [2.05, 4.69) is 9.97 Å². The molecule has 6 heteroatoms. The number of aromatic amines is 1. The van der Waals surface area contributed by atoms with Gasteiger partial charge >= 0.3 is 0 Å². The zero-order valence-electron chi connectivity index (χ0n) is 13.3. The van der Waals surface area contributed by atoms with Gasteiger partial charge < -0.3 is 19.2 Å². The van der Waals surface area contributed by atoms with E-state index in [1.54, 1.807) is 30.3 Å². The minimum absolute atomic E-state index is 0.0773. The van der Waals surface area contributed by atoms with Crippen molar-refractivity contribution in [2.45, 2.75) is 0 Å². The lowest BCUT2D eigenvalue weighted by Gasteiger charge is -2.04. The lowest BCUT2D eigenvalue weighted by Crippen LogP contribution is -1.86. The highest BCUT2D eigenvalue weighted by atomic mass is 16.5. The summed E-state index contributed by atoms with van der Waals surface area (Å²) in [6.07, 6.45) is 0.675. The van der Waals surface area contributed by atoms with Crippen LogP contribution >= 0.6 is 0 Å². The van der Waals surface area contributed by atoms with Gasteiger partial charge in [-0.1, -0.05) is 0 Å². The molecule has 2 heterocycles. The van der Waals surface area contributed by atoms with E-state index in [9.17, 15) is 9.90 Å². The number of carbonyl (C=O) groups excluding carboxylic acids is 1. The monoisotopic (exact) mass is 334 g/mol. The number of H-pyrrole nitrogens is 1. The maximum Gasteiger partial charge on any atom is 0.185 e. The summed E-state index contributed by atoms with van der Waals surface area (Å²) in [6, 6.07) is 14.1. The standard InChI is InChI=1S/C19H14N2O4/c1-24-18-9-12(3-6-16(18)23)19-20-14-5-2-11(8-15(14)21-19)17-7-4-13(10-22)25-17/h2-10,23H,1H3,(H,20,21). The van der Waals surface area contributed by atoms with Crippen LogP contribution in [0.5, 0.6) is 11.5 Å². The summed E-state index contributed by atoms with van der Waals surface area (Å²) >= 11 is 0. The number of imidazole rings is 1. The van der Waals surface area contributed by atoms with Gasteiger partial charge in [-0.25, -0.2) is 4.98 Å². The number of phenols is 1. The zero-order chi connectivity index (χ0) is 17.4. The molecule has 25 heavy (non-hydrogen) atoms. The number of benzene rings is 2. The van der Waals surface area contributed by atoms with Crippen molar-refractivity contribution in [1.29, 1.82) is 0 Å². The molecule has 0 saturated heterocycles. The van der Waals surface area contributed by atoms with E-state index >= 15 is 0 Å². The fraction of sp³-hybridized carbons (Fsp3) is 0.0526. The predicted molar refractivity (Wildman–Crippen MR) is 92.8 cm³/mol. The number of nitrogens with one attached hydrogen (secondary N) is 1. The van der Waals surface area contributed by atoms with Gasteiger partial charge in [0.2, 0.25) is 0 Å². The fourth-order valence-electron chi connectivity index (χ4n) is 2.70. The molecule has 4 rings (SSSR count). The van der Waals surface area contributed by atoms with Crippen LogP contribution in [0.15, 0.2) is 52.9 Å². The van der Waals surface area contributed by atoms with Crippen LogP contribution in [0.25, 0.3) is 33.7 Å². The van der Waals surface area contributed by atoms with Crippen molar-refractivity contribution in [3.8, 4) is 34.2 Å². The Bertz CT molecular complexity index is 1080. The van der Waals surface area contributed by atoms with Crippen LogP contribution in [0.4, 0.5) is 0 Å². The van der Waals surface area contributed by atoms with Gasteiger partial charge in [-0.05, 0) is 48.5 Å². The van der Waals surface area contributed by atoms with E-state index < -0.39 is 0 Å². The number of ether oxygens (including phenoxy) is 1. The predicted octanol–water partition coefficient (Wildman–Crippen LogP) is 4.02. The quantitative estimate of drug-likeness (QED) is 0.550. The highest BCUT2D eigenvalue weighted by Gasteiger charge is 2.11. The molecule has 2 aromatic heterocycles. The fourth-order valence-corrected chi connectivity index (χ4v) is 2.70. The normalized spacial score (nSPS) is 10.9. The highest BCUT2D eigenvalue weighted by molar-refractivity contribution is 5.84. The third kappa shape index (κ3) is 2.63. The summed E-state index contributed by atoms with van der Waals surface area (Å²) < 4.78 is 10.6. The van der Waals surface area contributed by atoms with Gasteiger partial charge in [0.15, 0.2) is 23.5 Å². The van der Waals surface area contributed by atoms with Gasteiger partial charge in [0.05, 0.1) is 18.1 Å². The largest absolute Gasteiger partial charge is 0.504 e. The van der Waals surface area contributed by atoms with E-state index in [1.165, 1.54) is 7.11 Å². The molecule has 0 saturated carbocycles. The summed E-state index contributed by atoms with van der Waals surface area (Å²) in [7, 11) is 1.50. The first-order valence-corrected chi connectivity index (χ1v) is 7.60. The Morgan fingerprint density at radius 3 is 2.72 bits per heavy atom. The summed E-state index contributed by atoms with van der Waals surface area (Å²) in [6.45, 7) is 0. The van der Waals surface area contributed by atoms with Crippen molar-refractivity contribution in [3.05, 3.63) is 54.3 Å². The van der Waals surface area contributed by atoms with Crippen LogP contribution < -0.4 is 4.74 Å². The van der Waals surface area contributed by atoms with E-state index in [0.717, 1.165) is 22.2 Å². The van der Waals surface area contributed by atoms with Gasteiger partial charge in [-0.15, -0.1) is 0 Å². The molecule has 2 N–H and O–H groups in total. The van der Waals surface area contributed by atoms with E-state index in [0.29, 0.717) is 23.6 Å². The Hall–Kier alpha value is -3.54. The molecule has 0 bridgehead atoms. The van der Waals surface area contributed by atoms with Crippen LogP contribution in [0.2, 0.25) is 0 Å². The van der Waals surface area contributed by atoms with Crippen molar-refractivity contribution in [1.82, 2.24) is 9.97 Å². The Morgan fingerprint density at radius 2 is 1.96 bits per heavy atom. The molecule has 0 unspecified atom stereocenters. The Kier molecular flexibility index (Phi) is 3.50. The Labute approximate surface area is 142 Å². The Morgan fingerprint density at radius 1 is 1.12 bits per heavy atom. The van der Waals surface area contributed by atoms with E-state index in [1.807, 2.05) is 18.2 Å². The van der Waals surface area contributed by atoms with Crippen LogP contribution in [0.1, 0.15) is 10.6 Å². The van der Waals surface area contributed by atoms with Crippen molar-refractivity contribution in [2.24, 2.45) is 0 Å². The van der Waals surface area contributed by atoms with Crippen molar-refractivity contribution >= 4 is 17.3 Å². The lowest BCUT2D eigenvalue weighted by molar-refractivity contribution is 0.110. The molecular weight excluding hydrogens is 320 g/mol. The molecule has 4 aromatic rings. The molecule has 0 fully saturated rings. The Balaban J connectivity index is 1.76. The first kappa shape index (κ1) is 15.0. The number of carbonyl (C=O) groups is 1. The van der Waals surface area contributed by atoms with Crippen molar-refractivity contribution in [3.63, 3.8) is 0 Å². The molecule has 0 radical (unpaired) electrons.